The van der Waals surface area contributed by atoms with Gasteiger partial charge in [-0.25, -0.2) is 0 Å². The summed E-state index contributed by atoms with van der Waals surface area (Å²) in [5.74, 6) is 8.99. The zero-order valence-corrected chi connectivity index (χ0v) is 17.3. The lowest BCUT2D eigenvalue weighted by Gasteiger charge is -2.25. The Morgan fingerprint density at radius 1 is 1.00 bits per heavy atom. The molecule has 2 aromatic carbocycles. The zero-order valence-electron chi connectivity index (χ0n) is 17.3. The standard InChI is InChI=1S/C26H32NO/c1-22(2)20-26(28-25-15-5-3-6-16-25)24-14-11-13-23(21-24)12-7-10-19-27-17-8-4-9-18-27/h3,5-6,11,13-16,21,26H,4,8-10,17-20H2,1-2H3. The number of hydrogen-bond donors (Lipinski definition) is 0. The molecule has 1 fully saturated rings. The van der Waals surface area contributed by atoms with Gasteiger partial charge in [-0.3, -0.25) is 0 Å². The van der Waals surface area contributed by atoms with Gasteiger partial charge in [0.25, 0.3) is 0 Å². The number of nitrogens with zero attached hydrogens (tertiary/aromatic N) is 1. The Morgan fingerprint density at radius 3 is 2.54 bits per heavy atom. The predicted octanol–water partition coefficient (Wildman–Crippen LogP) is 6.04. The number of likely N-dealkylation sites (tertiary alicyclic amines) is 1. The second kappa shape index (κ2) is 10.9. The van der Waals surface area contributed by atoms with E-state index in [1.54, 1.807) is 0 Å². The average Bonchev–Trinajstić information content (AvgIpc) is 2.72. The first kappa shape index (κ1) is 20.5. The maximum Gasteiger partial charge on any atom is 0.124 e. The van der Waals surface area contributed by atoms with Crippen LogP contribution in [0.5, 0.6) is 5.75 Å². The number of rotatable bonds is 7. The highest BCUT2D eigenvalue weighted by molar-refractivity contribution is 5.38. The third-order valence-electron chi connectivity index (χ3n) is 5.11. The van der Waals surface area contributed by atoms with E-state index < -0.39 is 0 Å². The Bertz CT molecular complexity index is 766. The first-order valence-corrected chi connectivity index (χ1v) is 10.5. The van der Waals surface area contributed by atoms with Crippen molar-refractivity contribution >= 4 is 0 Å². The van der Waals surface area contributed by atoms with Crippen LogP contribution in [-0.2, 0) is 0 Å². The summed E-state index contributed by atoms with van der Waals surface area (Å²) in [6, 6.07) is 18.6. The van der Waals surface area contributed by atoms with E-state index in [0.717, 1.165) is 30.7 Å². The average molecular weight is 375 g/mol. The van der Waals surface area contributed by atoms with Crippen molar-refractivity contribution in [2.24, 2.45) is 0 Å². The molecule has 1 unspecified atom stereocenters. The van der Waals surface area contributed by atoms with Crippen molar-refractivity contribution < 1.29 is 4.74 Å². The second-order valence-electron chi connectivity index (χ2n) is 7.91. The molecule has 0 aliphatic carbocycles. The summed E-state index contributed by atoms with van der Waals surface area (Å²) in [5.41, 5.74) is 2.26. The minimum atomic E-state index is 0.0162. The lowest BCUT2D eigenvalue weighted by molar-refractivity contribution is 0.199. The molecule has 0 N–H and O–H groups in total. The molecule has 1 atom stereocenters. The first-order chi connectivity index (χ1) is 13.7. The number of ether oxygens (including phenoxy) is 1. The molecule has 1 aliphatic rings. The molecule has 0 saturated carbocycles. The van der Waals surface area contributed by atoms with E-state index in [1.807, 2.05) is 30.3 Å². The highest BCUT2D eigenvalue weighted by Gasteiger charge is 2.16. The molecule has 0 amide bonds. The molecule has 2 heteroatoms. The van der Waals surface area contributed by atoms with Gasteiger partial charge < -0.3 is 9.64 Å². The van der Waals surface area contributed by atoms with Crippen molar-refractivity contribution in [2.45, 2.75) is 52.1 Å². The Labute approximate surface area is 170 Å². The van der Waals surface area contributed by atoms with Crippen LogP contribution in [0.1, 0.15) is 63.2 Å². The number of piperidine rings is 1. The van der Waals surface area contributed by atoms with Gasteiger partial charge in [-0.1, -0.05) is 62.4 Å². The van der Waals surface area contributed by atoms with Crippen LogP contribution < -0.4 is 4.74 Å². The van der Waals surface area contributed by atoms with Gasteiger partial charge in [-0.2, -0.15) is 0 Å². The van der Waals surface area contributed by atoms with Gasteiger partial charge >= 0.3 is 0 Å². The largest absolute Gasteiger partial charge is 0.486 e. The van der Waals surface area contributed by atoms with Crippen molar-refractivity contribution in [3.63, 3.8) is 0 Å². The maximum atomic E-state index is 6.30. The second-order valence-corrected chi connectivity index (χ2v) is 7.91. The fraction of sp³-hybridized carbons (Fsp3) is 0.423. The van der Waals surface area contributed by atoms with Crippen LogP contribution >= 0.6 is 0 Å². The summed E-state index contributed by atoms with van der Waals surface area (Å²) in [6.07, 6.45) is 5.92. The monoisotopic (exact) mass is 374 g/mol. The fourth-order valence-corrected chi connectivity index (χ4v) is 3.64. The van der Waals surface area contributed by atoms with E-state index >= 15 is 0 Å². The topological polar surface area (TPSA) is 12.5 Å². The van der Waals surface area contributed by atoms with Crippen LogP contribution in [0.4, 0.5) is 0 Å². The van der Waals surface area contributed by atoms with E-state index in [2.05, 4.69) is 54.9 Å². The van der Waals surface area contributed by atoms with Gasteiger partial charge in [0.15, 0.2) is 0 Å². The van der Waals surface area contributed by atoms with Gasteiger partial charge in [0.2, 0.25) is 0 Å². The van der Waals surface area contributed by atoms with Crippen LogP contribution in [0.15, 0.2) is 54.6 Å². The van der Waals surface area contributed by atoms with Crippen LogP contribution in [0.25, 0.3) is 0 Å². The van der Waals surface area contributed by atoms with E-state index in [4.69, 9.17) is 4.74 Å². The minimum Gasteiger partial charge on any atom is -0.486 e. The lowest BCUT2D eigenvalue weighted by atomic mass is 9.98. The van der Waals surface area contributed by atoms with Crippen molar-refractivity contribution in [1.29, 1.82) is 0 Å². The summed E-state index contributed by atoms with van der Waals surface area (Å²) in [5, 5.41) is 0. The van der Waals surface area contributed by atoms with Gasteiger partial charge in [-0.05, 0) is 68.1 Å². The quantitative estimate of drug-likeness (QED) is 0.548. The smallest absolute Gasteiger partial charge is 0.124 e. The zero-order chi connectivity index (χ0) is 19.6. The molecule has 28 heavy (non-hydrogen) atoms. The number of hydrogen-bond acceptors (Lipinski definition) is 2. The summed E-state index contributed by atoms with van der Waals surface area (Å²) < 4.78 is 6.30. The fourth-order valence-electron chi connectivity index (χ4n) is 3.64. The molecule has 147 valence electrons. The van der Waals surface area contributed by atoms with E-state index in [0.29, 0.717) is 0 Å². The lowest BCUT2D eigenvalue weighted by Crippen LogP contribution is -2.30. The van der Waals surface area contributed by atoms with Gasteiger partial charge in [0.1, 0.15) is 11.9 Å². The molecule has 0 spiro atoms. The molecule has 1 radical (unpaired) electrons. The normalized spacial score (nSPS) is 15.7. The molecule has 1 aliphatic heterocycles. The van der Waals surface area contributed by atoms with Crippen LogP contribution in [0.2, 0.25) is 0 Å². The Hall–Kier alpha value is -2.24. The summed E-state index contributed by atoms with van der Waals surface area (Å²) in [6.45, 7) is 7.89. The van der Waals surface area contributed by atoms with Crippen molar-refractivity contribution in [1.82, 2.24) is 4.90 Å². The maximum absolute atomic E-state index is 6.30. The van der Waals surface area contributed by atoms with Crippen LogP contribution in [-0.4, -0.2) is 24.5 Å². The molecule has 0 bridgehead atoms. The minimum absolute atomic E-state index is 0.0162. The molecule has 2 aromatic rings. The van der Waals surface area contributed by atoms with Gasteiger partial charge in [0, 0.05) is 18.5 Å². The summed E-state index contributed by atoms with van der Waals surface area (Å²) >= 11 is 0. The molecular weight excluding hydrogens is 342 g/mol. The van der Waals surface area contributed by atoms with E-state index in [-0.39, 0.29) is 6.10 Å². The molecule has 3 rings (SSSR count). The first-order valence-electron chi connectivity index (χ1n) is 10.5. The molecule has 0 aromatic heterocycles. The Balaban J connectivity index is 1.64. The van der Waals surface area contributed by atoms with Crippen LogP contribution in [0, 0.1) is 17.8 Å². The number of benzene rings is 2. The van der Waals surface area contributed by atoms with Gasteiger partial charge in [0.05, 0.1) is 0 Å². The Morgan fingerprint density at radius 2 is 1.79 bits per heavy atom. The molecule has 2 nitrogen and oxygen atoms in total. The SMILES string of the molecule is C[C](C)CC(Oc1ccccc1)c1cccc(C#CCCN2CCCCC2)c1. The highest BCUT2D eigenvalue weighted by Crippen LogP contribution is 2.28. The number of para-hydroxylation sites is 1. The van der Waals surface area contributed by atoms with E-state index in [1.165, 1.54) is 43.8 Å². The Kier molecular flexibility index (Phi) is 8.00. The van der Waals surface area contributed by atoms with Crippen LogP contribution in [0.3, 0.4) is 0 Å². The highest BCUT2D eigenvalue weighted by atomic mass is 16.5. The molecule has 1 saturated heterocycles. The summed E-state index contributed by atoms with van der Waals surface area (Å²) in [4.78, 5) is 2.54. The predicted molar refractivity (Wildman–Crippen MR) is 117 cm³/mol. The van der Waals surface area contributed by atoms with Crippen molar-refractivity contribution in [3.05, 3.63) is 71.6 Å². The van der Waals surface area contributed by atoms with Crippen molar-refractivity contribution in [2.75, 3.05) is 19.6 Å². The van der Waals surface area contributed by atoms with Crippen molar-refractivity contribution in [3.8, 4) is 17.6 Å². The third kappa shape index (κ3) is 6.73. The molecular formula is C26H32NO. The molecule has 1 heterocycles. The van der Waals surface area contributed by atoms with Gasteiger partial charge in [-0.15, -0.1) is 0 Å². The third-order valence-corrected chi connectivity index (χ3v) is 5.11. The van der Waals surface area contributed by atoms with E-state index in [9.17, 15) is 0 Å². The summed E-state index contributed by atoms with van der Waals surface area (Å²) in [7, 11) is 0.